The van der Waals surface area contributed by atoms with Crippen molar-refractivity contribution in [3.8, 4) is 11.5 Å². The molecular weight excluding hydrogens is 538 g/mol. The normalized spacial score (nSPS) is 13.9. The fourth-order valence-electron chi connectivity index (χ4n) is 2.80. The van der Waals surface area contributed by atoms with Crippen LogP contribution in [-0.4, -0.2) is 62.0 Å². The van der Waals surface area contributed by atoms with Gasteiger partial charge in [0.15, 0.2) is 11.5 Å². The van der Waals surface area contributed by atoms with Crippen molar-refractivity contribution in [1.29, 1.82) is 0 Å². The van der Waals surface area contributed by atoms with E-state index in [9.17, 15) is 19.2 Å². The number of nitrogens with two attached hydrogens (primary N) is 1. The first-order valence-corrected chi connectivity index (χ1v) is 13.4. The van der Waals surface area contributed by atoms with Crippen LogP contribution in [0.5, 0.6) is 11.5 Å². The highest BCUT2D eigenvalue weighted by Crippen LogP contribution is 2.30. The second kappa shape index (κ2) is 15.5. The van der Waals surface area contributed by atoms with Gasteiger partial charge in [0.2, 0.25) is 0 Å². The lowest BCUT2D eigenvalue weighted by atomic mass is 9.99. The van der Waals surface area contributed by atoms with E-state index in [-0.39, 0.29) is 48.1 Å². The standard InChI is InChI=1S/C29H45NO11/c1-17(2)37-27(34)39-19(4)18(3)38-24(31)21(30)13-20-11-12-22(40-25(32)35-15-28(5,6)7)23(14-20)41-26(33)36-16-29(8,9)10/h11-12,14,17-19,21H,13,15-16,30H2,1-10H3/t18-,19-,21-/m0/s1. The third-order valence-corrected chi connectivity index (χ3v) is 4.98. The summed E-state index contributed by atoms with van der Waals surface area (Å²) >= 11 is 0. The van der Waals surface area contributed by atoms with Gasteiger partial charge in [0.25, 0.3) is 0 Å². The van der Waals surface area contributed by atoms with Crippen molar-refractivity contribution in [2.75, 3.05) is 13.2 Å². The first-order chi connectivity index (χ1) is 18.8. The molecule has 0 aliphatic heterocycles. The van der Waals surface area contributed by atoms with Crippen LogP contribution in [0.2, 0.25) is 0 Å². The van der Waals surface area contributed by atoms with Crippen molar-refractivity contribution in [2.45, 2.75) is 100 Å². The van der Waals surface area contributed by atoms with Crippen LogP contribution in [0.15, 0.2) is 18.2 Å². The quantitative estimate of drug-likeness (QED) is 0.197. The Labute approximate surface area is 242 Å². The Morgan fingerprint density at radius 1 is 0.707 bits per heavy atom. The molecule has 0 saturated carbocycles. The fraction of sp³-hybridized carbons (Fsp3) is 0.655. The highest BCUT2D eigenvalue weighted by atomic mass is 16.8. The zero-order chi connectivity index (χ0) is 31.5. The van der Waals surface area contributed by atoms with E-state index in [1.165, 1.54) is 12.1 Å². The van der Waals surface area contributed by atoms with Gasteiger partial charge in [0.1, 0.15) is 18.2 Å². The Morgan fingerprint density at radius 3 is 1.68 bits per heavy atom. The van der Waals surface area contributed by atoms with Crippen LogP contribution in [0.3, 0.4) is 0 Å². The molecule has 0 unspecified atom stereocenters. The van der Waals surface area contributed by atoms with Gasteiger partial charge in [-0.1, -0.05) is 47.6 Å². The molecule has 0 fully saturated rings. The number of benzene rings is 1. The minimum atomic E-state index is -1.11. The molecule has 0 spiro atoms. The molecule has 12 heteroatoms. The maximum atomic E-state index is 12.6. The van der Waals surface area contributed by atoms with Crippen molar-refractivity contribution >= 4 is 24.4 Å². The van der Waals surface area contributed by atoms with Crippen molar-refractivity contribution in [1.82, 2.24) is 0 Å². The van der Waals surface area contributed by atoms with Crippen molar-refractivity contribution < 1.29 is 52.3 Å². The third kappa shape index (κ3) is 15.1. The van der Waals surface area contributed by atoms with Gasteiger partial charge < -0.3 is 38.9 Å². The summed E-state index contributed by atoms with van der Waals surface area (Å²) in [5.41, 5.74) is 5.94. The third-order valence-electron chi connectivity index (χ3n) is 4.98. The average Bonchev–Trinajstić information content (AvgIpc) is 2.81. The van der Waals surface area contributed by atoms with Crippen LogP contribution in [0.1, 0.15) is 74.8 Å². The monoisotopic (exact) mass is 583 g/mol. The smallest absolute Gasteiger partial charge is 0.458 e. The number of esters is 1. The van der Waals surface area contributed by atoms with E-state index in [1.807, 2.05) is 41.5 Å². The van der Waals surface area contributed by atoms with Crippen molar-refractivity contribution in [3.63, 3.8) is 0 Å². The second-order valence-electron chi connectivity index (χ2n) is 12.4. The molecule has 0 aliphatic rings. The Kier molecular flexibility index (Phi) is 13.4. The summed E-state index contributed by atoms with van der Waals surface area (Å²) in [6.07, 6.45) is -4.83. The first kappa shape index (κ1) is 35.5. The molecule has 232 valence electrons. The molecule has 0 heterocycles. The van der Waals surface area contributed by atoms with Crippen LogP contribution in [0, 0.1) is 10.8 Å². The van der Waals surface area contributed by atoms with Crippen LogP contribution < -0.4 is 15.2 Å². The minimum absolute atomic E-state index is 0.0155. The number of rotatable bonds is 11. The molecule has 0 saturated heterocycles. The number of ether oxygens (including phenoxy) is 7. The molecule has 1 rings (SSSR count). The van der Waals surface area contributed by atoms with Gasteiger partial charge in [-0.2, -0.15) is 0 Å². The SMILES string of the molecule is CC(C)OC(=O)O[C@@H](C)[C@H](C)OC(=O)[C@@H](N)Cc1ccc(OC(=O)OCC(C)(C)C)c(OC(=O)OCC(C)(C)C)c1. The van der Waals surface area contributed by atoms with Gasteiger partial charge in [0, 0.05) is 0 Å². The lowest BCUT2D eigenvalue weighted by Crippen LogP contribution is -2.39. The largest absolute Gasteiger partial charge is 0.513 e. The predicted molar refractivity (Wildman–Crippen MR) is 149 cm³/mol. The highest BCUT2D eigenvalue weighted by molar-refractivity contribution is 5.76. The van der Waals surface area contributed by atoms with Gasteiger partial charge >= 0.3 is 24.4 Å². The van der Waals surface area contributed by atoms with Gasteiger partial charge in [0.05, 0.1) is 19.3 Å². The Balaban J connectivity index is 2.97. The second-order valence-corrected chi connectivity index (χ2v) is 12.4. The van der Waals surface area contributed by atoms with E-state index in [0.29, 0.717) is 5.56 Å². The molecule has 0 amide bonds. The zero-order valence-corrected chi connectivity index (χ0v) is 25.7. The molecule has 41 heavy (non-hydrogen) atoms. The molecule has 1 aromatic carbocycles. The maximum absolute atomic E-state index is 12.6. The minimum Gasteiger partial charge on any atom is -0.458 e. The van der Waals surface area contributed by atoms with E-state index >= 15 is 0 Å². The van der Waals surface area contributed by atoms with Crippen LogP contribution in [0.4, 0.5) is 14.4 Å². The molecule has 1 aromatic rings. The molecule has 0 radical (unpaired) electrons. The Morgan fingerprint density at radius 2 is 1.20 bits per heavy atom. The summed E-state index contributed by atoms with van der Waals surface area (Å²) in [5.74, 6) is -0.971. The van der Waals surface area contributed by atoms with Gasteiger partial charge in [-0.3, -0.25) is 4.79 Å². The number of carbonyl (C=O) groups is 4. The molecule has 12 nitrogen and oxygen atoms in total. The average molecular weight is 584 g/mol. The summed E-state index contributed by atoms with van der Waals surface area (Å²) in [6, 6.07) is 3.21. The van der Waals surface area contributed by atoms with E-state index in [4.69, 9.17) is 38.9 Å². The molecule has 2 N–H and O–H groups in total. The topological polar surface area (TPSA) is 159 Å². The van der Waals surface area contributed by atoms with E-state index in [1.54, 1.807) is 33.8 Å². The lowest BCUT2D eigenvalue weighted by molar-refractivity contribution is -0.155. The first-order valence-electron chi connectivity index (χ1n) is 13.4. The lowest BCUT2D eigenvalue weighted by Gasteiger charge is -2.22. The molecule has 0 bridgehead atoms. The van der Waals surface area contributed by atoms with E-state index in [0.717, 1.165) is 0 Å². The summed E-state index contributed by atoms with van der Waals surface area (Å²) in [5, 5.41) is 0. The summed E-state index contributed by atoms with van der Waals surface area (Å²) in [4.78, 5) is 48.9. The van der Waals surface area contributed by atoms with Crippen LogP contribution >= 0.6 is 0 Å². The predicted octanol–water partition coefficient (Wildman–Crippen LogP) is 5.56. The maximum Gasteiger partial charge on any atom is 0.513 e. The van der Waals surface area contributed by atoms with Crippen LogP contribution in [0.25, 0.3) is 0 Å². The van der Waals surface area contributed by atoms with Gasteiger partial charge in [-0.05, 0) is 62.6 Å². The molecular formula is C29H45NO11. The van der Waals surface area contributed by atoms with Crippen molar-refractivity contribution in [3.05, 3.63) is 23.8 Å². The number of carbonyl (C=O) groups excluding carboxylic acids is 4. The number of hydrogen-bond donors (Lipinski definition) is 1. The highest BCUT2D eigenvalue weighted by Gasteiger charge is 2.26. The van der Waals surface area contributed by atoms with Crippen molar-refractivity contribution in [2.24, 2.45) is 16.6 Å². The molecule has 3 atom stereocenters. The molecule has 0 aromatic heterocycles. The Bertz CT molecular complexity index is 1040. The molecule has 0 aliphatic carbocycles. The summed E-state index contributed by atoms with van der Waals surface area (Å²) in [6.45, 7) is 18.0. The Hall–Kier alpha value is -3.54. The van der Waals surface area contributed by atoms with E-state index in [2.05, 4.69) is 0 Å². The number of hydrogen-bond acceptors (Lipinski definition) is 12. The fourth-order valence-corrected chi connectivity index (χ4v) is 2.80. The van der Waals surface area contributed by atoms with Gasteiger partial charge in [-0.15, -0.1) is 0 Å². The zero-order valence-electron chi connectivity index (χ0n) is 25.7. The van der Waals surface area contributed by atoms with Gasteiger partial charge in [-0.25, -0.2) is 14.4 Å². The van der Waals surface area contributed by atoms with E-state index < -0.39 is 42.7 Å². The summed E-state index contributed by atoms with van der Waals surface area (Å²) in [7, 11) is 0. The van der Waals surface area contributed by atoms with Crippen LogP contribution in [-0.2, 0) is 34.9 Å². The summed E-state index contributed by atoms with van der Waals surface area (Å²) < 4.78 is 36.3.